The molecule has 3 aromatic rings. The molecule has 2 amide bonds. The largest absolute Gasteiger partial charge is 0.354 e. The quantitative estimate of drug-likeness (QED) is 0.313. The van der Waals surface area contributed by atoms with Crippen molar-refractivity contribution >= 4 is 27.5 Å². The number of benzene rings is 3. The van der Waals surface area contributed by atoms with Gasteiger partial charge < -0.3 is 10.2 Å². The van der Waals surface area contributed by atoms with Crippen LogP contribution in [0.4, 0.5) is 5.69 Å². The Bertz CT molecular complexity index is 1380. The number of rotatable bonds is 13. The second-order valence-electron chi connectivity index (χ2n) is 10.4. The Morgan fingerprint density at radius 1 is 0.875 bits per heavy atom. The van der Waals surface area contributed by atoms with Crippen LogP contribution in [-0.2, 0) is 26.0 Å². The van der Waals surface area contributed by atoms with Gasteiger partial charge in [-0.1, -0.05) is 81.4 Å². The van der Waals surface area contributed by atoms with Crippen LogP contribution >= 0.6 is 0 Å². The van der Waals surface area contributed by atoms with Crippen molar-refractivity contribution in [2.75, 3.05) is 23.9 Å². The van der Waals surface area contributed by atoms with Crippen molar-refractivity contribution in [3.8, 4) is 0 Å². The van der Waals surface area contributed by atoms with E-state index >= 15 is 0 Å². The van der Waals surface area contributed by atoms with E-state index in [4.69, 9.17) is 0 Å². The molecule has 8 heteroatoms. The predicted octanol–water partition coefficient (Wildman–Crippen LogP) is 5.12. The molecule has 0 saturated heterocycles. The number of aryl methyl sites for hydroxylation is 1. The lowest BCUT2D eigenvalue weighted by atomic mass is 10.1. The Hall–Kier alpha value is -3.65. The molecule has 0 spiro atoms. The summed E-state index contributed by atoms with van der Waals surface area (Å²) in [7, 11) is -4.08. The van der Waals surface area contributed by atoms with E-state index in [0.717, 1.165) is 16.7 Å². The van der Waals surface area contributed by atoms with E-state index in [9.17, 15) is 18.0 Å². The molecule has 1 atom stereocenters. The van der Waals surface area contributed by atoms with Crippen molar-refractivity contribution in [1.29, 1.82) is 0 Å². The van der Waals surface area contributed by atoms with Gasteiger partial charge in [-0.3, -0.25) is 13.9 Å². The van der Waals surface area contributed by atoms with Crippen LogP contribution in [0.2, 0.25) is 0 Å². The SMILES string of the molecule is CCC(C(=O)NCC(C)C)N(CCc1ccccc1)C(=O)CN(c1cccc(C)c1C)S(=O)(=O)c1ccccc1. The van der Waals surface area contributed by atoms with Gasteiger partial charge in [0.1, 0.15) is 12.6 Å². The van der Waals surface area contributed by atoms with E-state index in [0.29, 0.717) is 25.1 Å². The molecule has 0 aliphatic carbocycles. The molecule has 40 heavy (non-hydrogen) atoms. The fraction of sp³-hybridized carbons (Fsp3) is 0.375. The van der Waals surface area contributed by atoms with Crippen LogP contribution in [0.15, 0.2) is 83.8 Å². The van der Waals surface area contributed by atoms with Gasteiger partial charge in [0.05, 0.1) is 10.6 Å². The number of hydrogen-bond donors (Lipinski definition) is 1. The highest BCUT2D eigenvalue weighted by atomic mass is 32.2. The third kappa shape index (κ3) is 7.72. The summed E-state index contributed by atoms with van der Waals surface area (Å²) in [6.45, 7) is 9.99. The van der Waals surface area contributed by atoms with E-state index in [-0.39, 0.29) is 23.3 Å². The van der Waals surface area contributed by atoms with Crippen LogP contribution in [0, 0.1) is 19.8 Å². The number of amides is 2. The molecule has 3 aromatic carbocycles. The fourth-order valence-electron chi connectivity index (χ4n) is 4.56. The summed E-state index contributed by atoms with van der Waals surface area (Å²) in [4.78, 5) is 29.0. The van der Waals surface area contributed by atoms with Crippen molar-refractivity contribution in [3.05, 3.63) is 95.6 Å². The zero-order valence-electron chi connectivity index (χ0n) is 24.1. The van der Waals surface area contributed by atoms with E-state index in [1.807, 2.05) is 71.0 Å². The van der Waals surface area contributed by atoms with Crippen molar-refractivity contribution in [3.63, 3.8) is 0 Å². The summed E-state index contributed by atoms with van der Waals surface area (Å²) in [5.41, 5.74) is 3.16. The lowest BCUT2D eigenvalue weighted by molar-refractivity contribution is -0.139. The van der Waals surface area contributed by atoms with Crippen LogP contribution < -0.4 is 9.62 Å². The molecule has 0 aromatic heterocycles. The van der Waals surface area contributed by atoms with Crippen LogP contribution in [-0.4, -0.2) is 50.8 Å². The summed E-state index contributed by atoms with van der Waals surface area (Å²) in [6, 6.07) is 22.6. The first-order chi connectivity index (χ1) is 19.1. The maximum Gasteiger partial charge on any atom is 0.264 e. The number of anilines is 1. The van der Waals surface area contributed by atoms with Crippen LogP contribution in [0.5, 0.6) is 0 Å². The van der Waals surface area contributed by atoms with Gasteiger partial charge >= 0.3 is 0 Å². The highest BCUT2D eigenvalue weighted by molar-refractivity contribution is 7.92. The molecule has 0 radical (unpaired) electrons. The fourth-order valence-corrected chi connectivity index (χ4v) is 6.05. The van der Waals surface area contributed by atoms with Crippen molar-refractivity contribution in [2.24, 2.45) is 5.92 Å². The molecule has 0 bridgehead atoms. The Morgan fingerprint density at radius 3 is 2.10 bits per heavy atom. The average molecular weight is 564 g/mol. The number of hydrogen-bond acceptors (Lipinski definition) is 4. The van der Waals surface area contributed by atoms with E-state index in [1.165, 1.54) is 16.4 Å². The minimum Gasteiger partial charge on any atom is -0.354 e. The normalized spacial score (nSPS) is 12.2. The maximum absolute atomic E-state index is 14.1. The lowest BCUT2D eigenvalue weighted by Crippen LogP contribution is -2.53. The Balaban J connectivity index is 2.02. The molecule has 0 saturated carbocycles. The zero-order chi connectivity index (χ0) is 29.3. The minimum absolute atomic E-state index is 0.0984. The average Bonchev–Trinajstić information content (AvgIpc) is 2.95. The van der Waals surface area contributed by atoms with Crippen LogP contribution in [0.3, 0.4) is 0 Å². The standard InChI is InChI=1S/C32H41N3O4S/c1-6-29(32(37)33-22-24(2)3)34(21-20-27-15-9-7-10-16-27)31(36)23-35(30-19-13-14-25(4)26(30)5)40(38,39)28-17-11-8-12-18-28/h7-19,24,29H,6,20-23H2,1-5H3,(H,33,37). The minimum atomic E-state index is -4.08. The smallest absolute Gasteiger partial charge is 0.264 e. The summed E-state index contributed by atoms with van der Waals surface area (Å²) >= 11 is 0. The molecule has 0 heterocycles. The van der Waals surface area contributed by atoms with Gasteiger partial charge in [-0.15, -0.1) is 0 Å². The molecule has 3 rings (SSSR count). The Kier molecular flexibility index (Phi) is 10.9. The third-order valence-electron chi connectivity index (χ3n) is 7.01. The molecule has 0 aliphatic heterocycles. The van der Waals surface area contributed by atoms with Gasteiger partial charge in [0.25, 0.3) is 10.0 Å². The molecule has 7 nitrogen and oxygen atoms in total. The second kappa shape index (κ2) is 14.1. The summed E-state index contributed by atoms with van der Waals surface area (Å²) in [5.74, 6) is -0.407. The van der Waals surface area contributed by atoms with Gasteiger partial charge in [-0.25, -0.2) is 8.42 Å². The van der Waals surface area contributed by atoms with Gasteiger partial charge in [0.2, 0.25) is 11.8 Å². The predicted molar refractivity (Wildman–Crippen MR) is 161 cm³/mol. The van der Waals surface area contributed by atoms with E-state index in [1.54, 1.807) is 35.2 Å². The Labute approximate surface area is 239 Å². The molecular weight excluding hydrogens is 522 g/mol. The van der Waals surface area contributed by atoms with Gasteiger partial charge in [-0.05, 0) is 67.5 Å². The Morgan fingerprint density at radius 2 is 1.50 bits per heavy atom. The van der Waals surface area contributed by atoms with E-state index in [2.05, 4.69) is 5.32 Å². The molecule has 0 aliphatic rings. The van der Waals surface area contributed by atoms with Crippen LogP contribution in [0.25, 0.3) is 0 Å². The molecular formula is C32H41N3O4S. The zero-order valence-corrected chi connectivity index (χ0v) is 24.9. The number of sulfonamides is 1. The van der Waals surface area contributed by atoms with Crippen LogP contribution in [0.1, 0.15) is 43.9 Å². The van der Waals surface area contributed by atoms with Crippen molar-refractivity contribution in [1.82, 2.24) is 10.2 Å². The van der Waals surface area contributed by atoms with Gasteiger partial charge in [0.15, 0.2) is 0 Å². The van der Waals surface area contributed by atoms with Gasteiger partial charge in [0, 0.05) is 13.1 Å². The first-order valence-electron chi connectivity index (χ1n) is 13.8. The molecule has 214 valence electrons. The van der Waals surface area contributed by atoms with Crippen molar-refractivity contribution < 1.29 is 18.0 Å². The highest BCUT2D eigenvalue weighted by Crippen LogP contribution is 2.29. The van der Waals surface area contributed by atoms with Crippen molar-refractivity contribution in [2.45, 2.75) is 58.4 Å². The lowest BCUT2D eigenvalue weighted by Gasteiger charge is -2.33. The third-order valence-corrected chi connectivity index (χ3v) is 8.78. The summed E-state index contributed by atoms with van der Waals surface area (Å²) in [5, 5.41) is 2.96. The topological polar surface area (TPSA) is 86.8 Å². The highest BCUT2D eigenvalue weighted by Gasteiger charge is 2.34. The number of nitrogens with zero attached hydrogens (tertiary/aromatic N) is 2. The maximum atomic E-state index is 14.1. The second-order valence-corrected chi connectivity index (χ2v) is 12.3. The first-order valence-corrected chi connectivity index (χ1v) is 15.2. The number of carbonyl (C=O) groups excluding carboxylic acids is 2. The molecule has 0 fully saturated rings. The van der Waals surface area contributed by atoms with E-state index < -0.39 is 28.5 Å². The summed E-state index contributed by atoms with van der Waals surface area (Å²) in [6.07, 6.45) is 0.939. The first kappa shape index (κ1) is 30.9. The molecule has 1 unspecified atom stereocenters. The van der Waals surface area contributed by atoms with Gasteiger partial charge in [-0.2, -0.15) is 0 Å². The molecule has 1 N–H and O–H groups in total. The number of nitrogens with one attached hydrogen (secondary N) is 1. The summed E-state index contributed by atoms with van der Waals surface area (Å²) < 4.78 is 29.1. The monoisotopic (exact) mass is 563 g/mol. The number of carbonyl (C=O) groups is 2.